The van der Waals surface area contributed by atoms with Crippen LogP contribution in [-0.4, -0.2) is 45.7 Å². The standard InChI is InChI=1S/C15H20F2N2O4.ClH/c1-21-11-5-13(23-3)12(22-2)4-9(11)7-18-14(20)10-6-15(16,17)8-19-10;/h4-5,10,19H,6-8H2,1-3H3,(H,18,20);1H. The molecule has 1 heterocycles. The van der Waals surface area contributed by atoms with Crippen molar-refractivity contribution >= 4 is 18.3 Å². The van der Waals surface area contributed by atoms with E-state index in [4.69, 9.17) is 14.2 Å². The lowest BCUT2D eigenvalue weighted by atomic mass is 10.1. The molecule has 0 bridgehead atoms. The maximum absolute atomic E-state index is 13.1. The second-order valence-corrected chi connectivity index (χ2v) is 5.23. The van der Waals surface area contributed by atoms with Gasteiger partial charge in [0.15, 0.2) is 11.5 Å². The Kier molecular flexibility index (Phi) is 7.04. The molecule has 136 valence electrons. The summed E-state index contributed by atoms with van der Waals surface area (Å²) in [5.74, 6) is -1.82. The maximum atomic E-state index is 13.1. The third-order valence-corrected chi connectivity index (χ3v) is 3.67. The van der Waals surface area contributed by atoms with Gasteiger partial charge in [-0.2, -0.15) is 0 Å². The van der Waals surface area contributed by atoms with Crippen LogP contribution in [0.4, 0.5) is 8.78 Å². The fraction of sp³-hybridized carbons (Fsp3) is 0.533. The molecule has 24 heavy (non-hydrogen) atoms. The van der Waals surface area contributed by atoms with Gasteiger partial charge in [0, 0.05) is 24.6 Å². The van der Waals surface area contributed by atoms with E-state index >= 15 is 0 Å². The van der Waals surface area contributed by atoms with Crippen molar-refractivity contribution in [3.05, 3.63) is 17.7 Å². The molecule has 0 aliphatic carbocycles. The van der Waals surface area contributed by atoms with Gasteiger partial charge in [0.1, 0.15) is 5.75 Å². The molecular formula is C15H21ClF2N2O4. The zero-order chi connectivity index (χ0) is 17.0. The van der Waals surface area contributed by atoms with Crippen LogP contribution in [0.15, 0.2) is 12.1 Å². The Hall–Kier alpha value is -1.80. The second kappa shape index (κ2) is 8.34. The SMILES string of the molecule is COc1cc(OC)c(OC)cc1CNC(=O)C1CC(F)(F)CN1.Cl. The van der Waals surface area contributed by atoms with Gasteiger partial charge >= 0.3 is 0 Å². The lowest BCUT2D eigenvalue weighted by Crippen LogP contribution is -2.40. The number of nitrogens with one attached hydrogen (secondary N) is 2. The molecule has 9 heteroatoms. The van der Waals surface area contributed by atoms with Gasteiger partial charge in [-0.05, 0) is 6.07 Å². The van der Waals surface area contributed by atoms with E-state index in [-0.39, 0.29) is 19.0 Å². The molecule has 1 saturated heterocycles. The molecule has 0 spiro atoms. The van der Waals surface area contributed by atoms with E-state index in [0.717, 1.165) is 0 Å². The first-order valence-corrected chi connectivity index (χ1v) is 7.08. The summed E-state index contributed by atoms with van der Waals surface area (Å²) in [6.07, 6.45) is -0.498. The van der Waals surface area contributed by atoms with Gasteiger partial charge < -0.3 is 19.5 Å². The van der Waals surface area contributed by atoms with E-state index < -0.39 is 30.8 Å². The number of carbonyl (C=O) groups excluding carboxylic acids is 1. The molecule has 1 atom stereocenters. The number of ether oxygens (including phenoxy) is 3. The highest BCUT2D eigenvalue weighted by Gasteiger charge is 2.42. The minimum Gasteiger partial charge on any atom is -0.496 e. The van der Waals surface area contributed by atoms with Crippen LogP contribution in [0.2, 0.25) is 0 Å². The zero-order valence-corrected chi connectivity index (χ0v) is 14.5. The molecular weight excluding hydrogens is 346 g/mol. The van der Waals surface area contributed by atoms with Crippen LogP contribution < -0.4 is 24.8 Å². The maximum Gasteiger partial charge on any atom is 0.262 e. The quantitative estimate of drug-likeness (QED) is 0.802. The Labute approximate surface area is 145 Å². The number of amides is 1. The normalized spacial score (nSPS) is 18.5. The van der Waals surface area contributed by atoms with Crippen molar-refractivity contribution in [3.63, 3.8) is 0 Å². The summed E-state index contributed by atoms with van der Waals surface area (Å²) in [6.45, 7) is -0.350. The Morgan fingerprint density at radius 1 is 1.21 bits per heavy atom. The summed E-state index contributed by atoms with van der Waals surface area (Å²) >= 11 is 0. The average molecular weight is 367 g/mol. The smallest absolute Gasteiger partial charge is 0.262 e. The van der Waals surface area contributed by atoms with Crippen molar-refractivity contribution in [1.29, 1.82) is 0 Å². The second-order valence-electron chi connectivity index (χ2n) is 5.23. The van der Waals surface area contributed by atoms with Crippen LogP contribution >= 0.6 is 12.4 Å². The molecule has 0 saturated carbocycles. The number of hydrogen-bond donors (Lipinski definition) is 2. The first kappa shape index (κ1) is 20.2. The van der Waals surface area contributed by atoms with E-state index in [1.54, 1.807) is 12.1 Å². The Morgan fingerprint density at radius 3 is 2.29 bits per heavy atom. The fourth-order valence-corrected chi connectivity index (χ4v) is 2.44. The fourth-order valence-electron chi connectivity index (χ4n) is 2.44. The Bertz CT molecular complexity index is 587. The molecule has 1 aliphatic rings. The van der Waals surface area contributed by atoms with Gasteiger partial charge in [-0.1, -0.05) is 0 Å². The van der Waals surface area contributed by atoms with Crippen molar-refractivity contribution in [2.75, 3.05) is 27.9 Å². The molecule has 6 nitrogen and oxygen atoms in total. The van der Waals surface area contributed by atoms with E-state index in [9.17, 15) is 13.6 Å². The minimum atomic E-state index is -2.84. The molecule has 0 radical (unpaired) electrons. The average Bonchev–Trinajstić information content (AvgIpc) is 2.91. The van der Waals surface area contributed by atoms with Crippen molar-refractivity contribution in [1.82, 2.24) is 10.6 Å². The predicted molar refractivity (Wildman–Crippen MR) is 86.5 cm³/mol. The summed E-state index contributed by atoms with van der Waals surface area (Å²) in [6, 6.07) is 2.42. The van der Waals surface area contributed by atoms with Crippen LogP contribution in [-0.2, 0) is 11.3 Å². The molecule has 1 amide bonds. The summed E-state index contributed by atoms with van der Waals surface area (Å²) in [7, 11) is 4.49. The summed E-state index contributed by atoms with van der Waals surface area (Å²) < 4.78 is 41.9. The van der Waals surface area contributed by atoms with E-state index in [0.29, 0.717) is 22.8 Å². The predicted octanol–water partition coefficient (Wildman–Crippen LogP) is 1.75. The summed E-state index contributed by atoms with van der Waals surface area (Å²) in [5, 5.41) is 5.15. The van der Waals surface area contributed by atoms with Crippen molar-refractivity contribution < 1.29 is 27.8 Å². The molecule has 0 aromatic heterocycles. The van der Waals surface area contributed by atoms with Gasteiger partial charge in [-0.15, -0.1) is 12.4 Å². The van der Waals surface area contributed by atoms with E-state index in [1.807, 2.05) is 0 Å². The Balaban J connectivity index is 0.00000288. The number of halogens is 3. The number of benzene rings is 1. The zero-order valence-electron chi connectivity index (χ0n) is 13.7. The minimum absolute atomic E-state index is 0. The largest absolute Gasteiger partial charge is 0.496 e. The highest BCUT2D eigenvalue weighted by atomic mass is 35.5. The van der Waals surface area contributed by atoms with E-state index in [2.05, 4.69) is 10.6 Å². The highest BCUT2D eigenvalue weighted by molar-refractivity contribution is 5.85. The Morgan fingerprint density at radius 2 is 1.79 bits per heavy atom. The third kappa shape index (κ3) is 4.61. The molecule has 1 aromatic rings. The van der Waals surface area contributed by atoms with Gasteiger partial charge in [-0.3, -0.25) is 10.1 Å². The summed E-state index contributed by atoms with van der Waals surface area (Å²) in [4.78, 5) is 12.0. The number of rotatable bonds is 6. The number of alkyl halides is 2. The van der Waals surface area contributed by atoms with Crippen LogP contribution in [0.25, 0.3) is 0 Å². The number of hydrogen-bond acceptors (Lipinski definition) is 5. The van der Waals surface area contributed by atoms with Crippen LogP contribution in [0, 0.1) is 0 Å². The van der Waals surface area contributed by atoms with Crippen LogP contribution in [0.5, 0.6) is 17.2 Å². The molecule has 2 rings (SSSR count). The number of carbonyl (C=O) groups is 1. The summed E-state index contributed by atoms with van der Waals surface area (Å²) in [5.41, 5.74) is 0.656. The molecule has 2 N–H and O–H groups in total. The van der Waals surface area contributed by atoms with Crippen LogP contribution in [0.3, 0.4) is 0 Å². The first-order chi connectivity index (χ1) is 10.9. The van der Waals surface area contributed by atoms with Gasteiger partial charge in [0.25, 0.3) is 5.92 Å². The van der Waals surface area contributed by atoms with Crippen LogP contribution in [0.1, 0.15) is 12.0 Å². The molecule has 1 aromatic carbocycles. The van der Waals surface area contributed by atoms with Crippen molar-refractivity contribution in [3.8, 4) is 17.2 Å². The molecule has 1 aliphatic heterocycles. The number of methoxy groups -OCH3 is 3. The van der Waals surface area contributed by atoms with Gasteiger partial charge in [0.05, 0.1) is 33.9 Å². The van der Waals surface area contributed by atoms with E-state index in [1.165, 1.54) is 21.3 Å². The monoisotopic (exact) mass is 366 g/mol. The topological polar surface area (TPSA) is 68.8 Å². The van der Waals surface area contributed by atoms with Gasteiger partial charge in [-0.25, -0.2) is 8.78 Å². The lowest BCUT2D eigenvalue weighted by Gasteiger charge is -2.16. The van der Waals surface area contributed by atoms with Crippen molar-refractivity contribution in [2.24, 2.45) is 0 Å². The lowest BCUT2D eigenvalue weighted by molar-refractivity contribution is -0.123. The third-order valence-electron chi connectivity index (χ3n) is 3.67. The first-order valence-electron chi connectivity index (χ1n) is 7.08. The molecule has 1 unspecified atom stereocenters. The molecule has 1 fully saturated rings. The highest BCUT2D eigenvalue weighted by Crippen LogP contribution is 2.34. The van der Waals surface area contributed by atoms with Crippen molar-refractivity contribution in [2.45, 2.75) is 24.9 Å². The van der Waals surface area contributed by atoms with Gasteiger partial charge in [0.2, 0.25) is 5.91 Å².